The lowest BCUT2D eigenvalue weighted by Gasteiger charge is -1.98. The molecular formula is C6H3Cl2N2O2. The van der Waals surface area contributed by atoms with E-state index >= 15 is 0 Å². The van der Waals surface area contributed by atoms with Gasteiger partial charge in [-0.3, -0.25) is 15.8 Å². The molecule has 0 spiro atoms. The van der Waals surface area contributed by atoms with E-state index in [1.807, 2.05) is 0 Å². The van der Waals surface area contributed by atoms with Crippen molar-refractivity contribution in [3.63, 3.8) is 0 Å². The molecule has 12 heavy (non-hydrogen) atoms. The number of hydrogen-bond donors (Lipinski definition) is 0. The fraction of sp³-hybridized carbons (Fsp3) is 0. The Bertz CT molecular complexity index is 317. The van der Waals surface area contributed by atoms with Crippen LogP contribution in [-0.4, -0.2) is 4.92 Å². The lowest BCUT2D eigenvalue weighted by Crippen LogP contribution is -1.88. The number of nitrogens with one attached hydrogen (secondary N) is 1. The molecular weight excluding hydrogens is 203 g/mol. The van der Waals surface area contributed by atoms with Gasteiger partial charge in [0.15, 0.2) is 0 Å². The Morgan fingerprint density at radius 2 is 1.75 bits per heavy atom. The molecule has 1 rings (SSSR count). The molecule has 0 saturated heterocycles. The summed E-state index contributed by atoms with van der Waals surface area (Å²) in [6.45, 7) is 0. The minimum Gasteiger partial charge on any atom is -0.298 e. The first-order chi connectivity index (χ1) is 5.52. The molecule has 0 aromatic heterocycles. The number of nitro benzene ring substituents is 1. The summed E-state index contributed by atoms with van der Waals surface area (Å²) in [4.78, 5) is 9.63. The summed E-state index contributed by atoms with van der Waals surface area (Å²) in [5.74, 6) is 0. The molecule has 0 aliphatic rings. The summed E-state index contributed by atoms with van der Waals surface area (Å²) in [7, 11) is 0. The fourth-order valence-electron chi connectivity index (χ4n) is 0.665. The van der Waals surface area contributed by atoms with E-state index in [1.54, 1.807) is 0 Å². The van der Waals surface area contributed by atoms with Gasteiger partial charge in [0, 0.05) is 12.1 Å². The van der Waals surface area contributed by atoms with Gasteiger partial charge in [-0.1, -0.05) is 23.2 Å². The normalized spacial score (nSPS) is 9.83. The topological polar surface area (TPSA) is 66.9 Å². The molecule has 0 amide bonds. The number of nitrogens with zero attached hydrogens (tertiary/aromatic N) is 1. The van der Waals surface area contributed by atoms with Crippen molar-refractivity contribution in [2.45, 2.75) is 0 Å². The van der Waals surface area contributed by atoms with E-state index in [9.17, 15) is 10.1 Å². The molecule has 4 nitrogen and oxygen atoms in total. The van der Waals surface area contributed by atoms with E-state index in [0.29, 0.717) is 0 Å². The second kappa shape index (κ2) is 3.16. The average Bonchev–Trinajstić information content (AvgIpc) is 1.99. The molecule has 1 aromatic carbocycles. The average molecular weight is 206 g/mol. The van der Waals surface area contributed by atoms with E-state index in [2.05, 4.69) is 0 Å². The molecule has 0 bridgehead atoms. The summed E-state index contributed by atoms with van der Waals surface area (Å²) in [6, 6.07) is 2.19. The van der Waals surface area contributed by atoms with E-state index in [0.717, 1.165) is 12.1 Å². The Hall–Kier alpha value is -1.00. The summed E-state index contributed by atoms with van der Waals surface area (Å²) in [5, 5.41) is 10.2. The number of halogens is 2. The summed E-state index contributed by atoms with van der Waals surface area (Å²) < 4.78 is 0. The zero-order valence-electron chi connectivity index (χ0n) is 5.67. The fourth-order valence-corrected chi connectivity index (χ4v) is 1.14. The summed E-state index contributed by atoms with van der Waals surface area (Å²) >= 11 is 11.0. The standard InChI is InChI=1S/C6H3Cl2N2O2/c7-4-1-3(10(11)12)2-5(8)6(4)9/h1-2,9H. The van der Waals surface area contributed by atoms with Gasteiger partial charge < -0.3 is 0 Å². The third-order valence-electron chi connectivity index (χ3n) is 1.24. The Morgan fingerprint density at radius 3 is 2.08 bits per heavy atom. The van der Waals surface area contributed by atoms with Gasteiger partial charge in [-0.25, -0.2) is 0 Å². The quantitative estimate of drug-likeness (QED) is 0.523. The molecule has 0 fully saturated rings. The van der Waals surface area contributed by atoms with Crippen LogP contribution in [0.2, 0.25) is 10.0 Å². The number of rotatable bonds is 1. The van der Waals surface area contributed by atoms with Gasteiger partial charge in [0.1, 0.15) is 0 Å². The minimum absolute atomic E-state index is 0.0193. The molecule has 0 aliphatic carbocycles. The van der Waals surface area contributed by atoms with Crippen LogP contribution in [0, 0.1) is 10.1 Å². The molecule has 0 saturated carbocycles. The summed E-state index contributed by atoms with van der Waals surface area (Å²) in [5.41, 5.74) is 6.89. The van der Waals surface area contributed by atoms with Gasteiger partial charge in [-0.2, -0.15) is 0 Å². The Labute approximate surface area is 78.0 Å². The molecule has 6 heteroatoms. The highest BCUT2D eigenvalue weighted by atomic mass is 35.5. The monoisotopic (exact) mass is 205 g/mol. The predicted molar refractivity (Wildman–Crippen MR) is 45.9 cm³/mol. The molecule has 0 unspecified atom stereocenters. The van der Waals surface area contributed by atoms with E-state index in [-0.39, 0.29) is 21.4 Å². The van der Waals surface area contributed by atoms with Gasteiger partial charge in [0.05, 0.1) is 20.7 Å². The van der Waals surface area contributed by atoms with Crippen LogP contribution in [0.1, 0.15) is 0 Å². The van der Waals surface area contributed by atoms with Crippen LogP contribution < -0.4 is 5.73 Å². The van der Waals surface area contributed by atoms with Crippen molar-refractivity contribution in [3.8, 4) is 0 Å². The first kappa shape index (κ1) is 9.09. The highest BCUT2D eigenvalue weighted by molar-refractivity contribution is 6.38. The second-order valence-corrected chi connectivity index (χ2v) is 2.86. The predicted octanol–water partition coefficient (Wildman–Crippen LogP) is 2.82. The van der Waals surface area contributed by atoms with Gasteiger partial charge in [0.2, 0.25) is 0 Å². The number of nitro groups is 1. The molecule has 0 heterocycles. The molecule has 63 valence electrons. The van der Waals surface area contributed by atoms with Crippen molar-refractivity contribution in [1.82, 2.24) is 5.73 Å². The van der Waals surface area contributed by atoms with Crippen LogP contribution >= 0.6 is 23.2 Å². The lowest BCUT2D eigenvalue weighted by molar-refractivity contribution is -0.384. The molecule has 0 atom stereocenters. The van der Waals surface area contributed by atoms with Crippen LogP contribution in [-0.2, 0) is 0 Å². The zero-order chi connectivity index (χ0) is 9.30. The minimum atomic E-state index is -0.614. The van der Waals surface area contributed by atoms with Crippen LogP contribution in [0.5, 0.6) is 0 Å². The first-order valence-corrected chi connectivity index (χ1v) is 3.63. The van der Waals surface area contributed by atoms with E-state index in [4.69, 9.17) is 28.9 Å². The van der Waals surface area contributed by atoms with Crippen molar-refractivity contribution in [2.24, 2.45) is 0 Å². The largest absolute Gasteiger partial charge is 0.298 e. The molecule has 1 aromatic rings. The number of benzene rings is 1. The van der Waals surface area contributed by atoms with Gasteiger partial charge in [-0.15, -0.1) is 0 Å². The number of hydrogen-bond acceptors (Lipinski definition) is 2. The third kappa shape index (κ3) is 1.60. The van der Waals surface area contributed by atoms with Crippen molar-refractivity contribution in [1.29, 1.82) is 0 Å². The van der Waals surface area contributed by atoms with Crippen LogP contribution in [0.4, 0.5) is 11.4 Å². The lowest BCUT2D eigenvalue weighted by atomic mass is 10.3. The van der Waals surface area contributed by atoms with Crippen LogP contribution in [0.3, 0.4) is 0 Å². The SMILES string of the molecule is [NH]c1c(Cl)cc([N+](=O)[O-])cc1Cl. The van der Waals surface area contributed by atoms with Crippen molar-refractivity contribution in [3.05, 3.63) is 32.3 Å². The van der Waals surface area contributed by atoms with Crippen molar-refractivity contribution in [2.75, 3.05) is 0 Å². The van der Waals surface area contributed by atoms with Gasteiger partial charge in [0.25, 0.3) is 5.69 Å². The van der Waals surface area contributed by atoms with Crippen LogP contribution in [0.25, 0.3) is 0 Å². The first-order valence-electron chi connectivity index (χ1n) is 2.87. The maximum absolute atomic E-state index is 10.2. The van der Waals surface area contributed by atoms with Crippen LogP contribution in [0.15, 0.2) is 12.1 Å². The Kier molecular flexibility index (Phi) is 2.40. The molecule has 1 radical (unpaired) electrons. The Balaban J connectivity index is 3.31. The second-order valence-electron chi connectivity index (χ2n) is 2.04. The zero-order valence-corrected chi connectivity index (χ0v) is 7.19. The third-order valence-corrected chi connectivity index (χ3v) is 1.83. The van der Waals surface area contributed by atoms with E-state index in [1.165, 1.54) is 0 Å². The van der Waals surface area contributed by atoms with Gasteiger partial charge in [-0.05, 0) is 0 Å². The maximum Gasteiger partial charge on any atom is 0.272 e. The highest BCUT2D eigenvalue weighted by Crippen LogP contribution is 2.32. The van der Waals surface area contributed by atoms with Crippen molar-refractivity contribution >= 4 is 34.6 Å². The smallest absolute Gasteiger partial charge is 0.272 e. The molecule has 0 aliphatic heterocycles. The number of non-ortho nitro benzene ring substituents is 1. The van der Waals surface area contributed by atoms with E-state index < -0.39 is 4.92 Å². The summed E-state index contributed by atoms with van der Waals surface area (Å²) in [6.07, 6.45) is 0. The maximum atomic E-state index is 10.2. The highest BCUT2D eigenvalue weighted by Gasteiger charge is 2.12. The molecule has 1 N–H and O–H groups in total. The van der Waals surface area contributed by atoms with Crippen molar-refractivity contribution < 1.29 is 4.92 Å². The van der Waals surface area contributed by atoms with Gasteiger partial charge >= 0.3 is 0 Å². The Morgan fingerprint density at radius 1 is 1.33 bits per heavy atom.